The van der Waals surface area contributed by atoms with Crippen LogP contribution in [0.5, 0.6) is 5.75 Å². The van der Waals surface area contributed by atoms with Crippen LogP contribution in [-0.2, 0) is 6.42 Å². The minimum Gasteiger partial charge on any atom is -0.486 e. The van der Waals surface area contributed by atoms with E-state index in [2.05, 4.69) is 12.2 Å². The molecule has 0 aliphatic heterocycles. The summed E-state index contributed by atoms with van der Waals surface area (Å²) in [7, 11) is 0. The zero-order valence-corrected chi connectivity index (χ0v) is 9.82. The fourth-order valence-electron chi connectivity index (χ4n) is 2.56. The van der Waals surface area contributed by atoms with E-state index in [0.717, 1.165) is 29.7 Å². The van der Waals surface area contributed by atoms with Crippen molar-refractivity contribution in [3.05, 3.63) is 41.5 Å². The number of benzene rings is 1. The number of hydrogen-bond donors (Lipinski definition) is 0. The summed E-state index contributed by atoms with van der Waals surface area (Å²) in [5, 5.41) is 0. The average Bonchev–Trinajstić information content (AvgIpc) is 2.72. The zero-order chi connectivity index (χ0) is 11.7. The van der Waals surface area contributed by atoms with Crippen LogP contribution in [0, 0.1) is 0 Å². The molecule has 0 aromatic heterocycles. The smallest absolute Gasteiger partial charge is 0.163 e. The number of Topliss-reactive ketones (excluding diaryl/α,β-unsaturated/α-hetero) is 1. The molecule has 0 N–H and O–H groups in total. The molecule has 2 aliphatic rings. The van der Waals surface area contributed by atoms with E-state index in [9.17, 15) is 4.79 Å². The lowest BCUT2D eigenvalue weighted by Gasteiger charge is -2.18. The van der Waals surface area contributed by atoms with Crippen molar-refractivity contribution in [1.29, 1.82) is 0 Å². The van der Waals surface area contributed by atoms with E-state index in [0.29, 0.717) is 6.42 Å². The van der Waals surface area contributed by atoms with E-state index in [1.54, 1.807) is 0 Å². The van der Waals surface area contributed by atoms with Crippen LogP contribution in [0.25, 0.3) is 0 Å². The van der Waals surface area contributed by atoms with E-state index in [1.807, 2.05) is 18.2 Å². The number of carbonyl (C=O) groups excluding carboxylic acids is 1. The molecule has 1 unspecified atom stereocenters. The van der Waals surface area contributed by atoms with Gasteiger partial charge in [-0.15, -0.1) is 0 Å². The maximum Gasteiger partial charge on any atom is 0.163 e. The lowest BCUT2D eigenvalue weighted by atomic mass is 10.1. The topological polar surface area (TPSA) is 26.3 Å². The van der Waals surface area contributed by atoms with Crippen LogP contribution in [-0.4, -0.2) is 11.9 Å². The van der Waals surface area contributed by atoms with Gasteiger partial charge in [0.1, 0.15) is 11.9 Å². The number of ether oxygens (including phenoxy) is 1. The first kappa shape index (κ1) is 10.6. The van der Waals surface area contributed by atoms with Crippen molar-refractivity contribution in [3.63, 3.8) is 0 Å². The Labute approximate surface area is 101 Å². The van der Waals surface area contributed by atoms with E-state index < -0.39 is 0 Å². The van der Waals surface area contributed by atoms with Gasteiger partial charge in [0.15, 0.2) is 5.78 Å². The van der Waals surface area contributed by atoms with Crippen LogP contribution in [0.4, 0.5) is 0 Å². The largest absolute Gasteiger partial charge is 0.486 e. The highest BCUT2D eigenvalue weighted by Crippen LogP contribution is 2.27. The van der Waals surface area contributed by atoms with Gasteiger partial charge in [-0.1, -0.05) is 6.08 Å². The van der Waals surface area contributed by atoms with E-state index >= 15 is 0 Å². The third-order valence-electron chi connectivity index (χ3n) is 3.50. The molecule has 0 fully saturated rings. The number of ketones is 1. The summed E-state index contributed by atoms with van der Waals surface area (Å²) in [6.45, 7) is 0. The van der Waals surface area contributed by atoms with Crippen LogP contribution in [0.3, 0.4) is 0 Å². The number of hydrogen-bond acceptors (Lipinski definition) is 2. The van der Waals surface area contributed by atoms with Gasteiger partial charge in [-0.05, 0) is 55.5 Å². The molecule has 0 spiro atoms. The number of rotatable bonds is 2. The summed E-state index contributed by atoms with van der Waals surface area (Å²) in [4.78, 5) is 11.5. The minimum atomic E-state index is 0.207. The first-order chi connectivity index (χ1) is 8.33. The summed E-state index contributed by atoms with van der Waals surface area (Å²) >= 11 is 0. The Balaban J connectivity index is 1.78. The summed E-state index contributed by atoms with van der Waals surface area (Å²) < 4.78 is 5.92. The number of aryl methyl sites for hydroxylation is 1. The van der Waals surface area contributed by atoms with E-state index in [4.69, 9.17) is 4.74 Å². The molecular formula is C15H16O2. The standard InChI is InChI=1S/C15H16O2/c16-15-9-6-11-10-13(7-8-14(11)15)17-12-4-2-1-3-5-12/h2,4,7-8,10,12H,1,3,5-6,9H2. The van der Waals surface area contributed by atoms with Gasteiger partial charge in [0.05, 0.1) is 0 Å². The molecule has 1 aromatic carbocycles. The normalized spacial score (nSPS) is 22.6. The zero-order valence-electron chi connectivity index (χ0n) is 9.82. The molecule has 0 heterocycles. The van der Waals surface area contributed by atoms with Crippen LogP contribution in [0.15, 0.2) is 30.4 Å². The van der Waals surface area contributed by atoms with Crippen molar-refractivity contribution >= 4 is 5.78 Å². The fourth-order valence-corrected chi connectivity index (χ4v) is 2.56. The third-order valence-corrected chi connectivity index (χ3v) is 3.50. The molecule has 17 heavy (non-hydrogen) atoms. The number of fused-ring (bicyclic) bond motifs is 1. The second-order valence-corrected chi connectivity index (χ2v) is 4.76. The molecule has 88 valence electrons. The Kier molecular flexibility index (Phi) is 2.71. The molecule has 1 atom stereocenters. The molecule has 1 aromatic rings. The molecular weight excluding hydrogens is 212 g/mol. The number of carbonyl (C=O) groups is 1. The van der Waals surface area contributed by atoms with Crippen LogP contribution >= 0.6 is 0 Å². The lowest BCUT2D eigenvalue weighted by Crippen LogP contribution is -2.15. The first-order valence-electron chi connectivity index (χ1n) is 6.32. The van der Waals surface area contributed by atoms with Crippen molar-refractivity contribution in [2.75, 3.05) is 0 Å². The molecule has 0 saturated carbocycles. The van der Waals surface area contributed by atoms with Crippen molar-refractivity contribution in [1.82, 2.24) is 0 Å². The van der Waals surface area contributed by atoms with Gasteiger partial charge < -0.3 is 4.74 Å². The molecule has 2 heteroatoms. The maximum absolute atomic E-state index is 11.5. The highest BCUT2D eigenvalue weighted by molar-refractivity contribution is 6.00. The molecule has 0 amide bonds. The highest BCUT2D eigenvalue weighted by atomic mass is 16.5. The SMILES string of the molecule is O=C1CCc2cc(OC3C=CCCC3)ccc21. The van der Waals surface area contributed by atoms with Gasteiger partial charge >= 0.3 is 0 Å². The van der Waals surface area contributed by atoms with Crippen molar-refractivity contribution in [2.45, 2.75) is 38.2 Å². The Morgan fingerprint density at radius 1 is 1.24 bits per heavy atom. The predicted octanol–water partition coefficient (Wildman–Crippen LogP) is 3.30. The summed E-state index contributed by atoms with van der Waals surface area (Å²) in [6, 6.07) is 5.86. The average molecular weight is 228 g/mol. The highest BCUT2D eigenvalue weighted by Gasteiger charge is 2.20. The molecule has 0 radical (unpaired) electrons. The Morgan fingerprint density at radius 2 is 2.18 bits per heavy atom. The number of allylic oxidation sites excluding steroid dienone is 1. The van der Waals surface area contributed by atoms with Gasteiger partial charge in [-0.2, -0.15) is 0 Å². The summed E-state index contributed by atoms with van der Waals surface area (Å²) in [5.74, 6) is 1.17. The Hall–Kier alpha value is -1.57. The van der Waals surface area contributed by atoms with E-state index in [-0.39, 0.29) is 11.9 Å². The maximum atomic E-state index is 11.5. The van der Waals surface area contributed by atoms with Gasteiger partial charge in [-0.25, -0.2) is 0 Å². The van der Waals surface area contributed by atoms with Gasteiger partial charge in [0, 0.05) is 12.0 Å². The third kappa shape index (κ3) is 2.12. The monoisotopic (exact) mass is 228 g/mol. The lowest BCUT2D eigenvalue weighted by molar-refractivity contribution is 0.0994. The minimum absolute atomic E-state index is 0.207. The van der Waals surface area contributed by atoms with Crippen LogP contribution < -0.4 is 4.74 Å². The molecule has 0 saturated heterocycles. The Bertz CT molecular complexity index is 474. The Morgan fingerprint density at radius 3 is 3.00 bits per heavy atom. The van der Waals surface area contributed by atoms with Crippen LogP contribution in [0.1, 0.15) is 41.6 Å². The van der Waals surface area contributed by atoms with Crippen molar-refractivity contribution in [2.24, 2.45) is 0 Å². The second-order valence-electron chi connectivity index (χ2n) is 4.76. The first-order valence-corrected chi connectivity index (χ1v) is 6.32. The quantitative estimate of drug-likeness (QED) is 0.726. The van der Waals surface area contributed by atoms with Crippen molar-refractivity contribution in [3.8, 4) is 5.75 Å². The molecule has 3 rings (SSSR count). The predicted molar refractivity (Wildman–Crippen MR) is 66.5 cm³/mol. The second kappa shape index (κ2) is 4.36. The molecule has 2 aliphatic carbocycles. The summed E-state index contributed by atoms with van der Waals surface area (Å²) in [5.41, 5.74) is 2.03. The van der Waals surface area contributed by atoms with Crippen LogP contribution in [0.2, 0.25) is 0 Å². The fraction of sp³-hybridized carbons (Fsp3) is 0.400. The molecule has 0 bridgehead atoms. The molecule has 2 nitrogen and oxygen atoms in total. The van der Waals surface area contributed by atoms with Gasteiger partial charge in [0.2, 0.25) is 0 Å². The van der Waals surface area contributed by atoms with Crippen molar-refractivity contribution < 1.29 is 9.53 Å². The summed E-state index contributed by atoms with van der Waals surface area (Å²) in [6.07, 6.45) is 9.51. The van der Waals surface area contributed by atoms with E-state index in [1.165, 1.54) is 12.8 Å². The van der Waals surface area contributed by atoms with Gasteiger partial charge in [0.25, 0.3) is 0 Å². The van der Waals surface area contributed by atoms with Gasteiger partial charge in [-0.3, -0.25) is 4.79 Å².